The van der Waals surface area contributed by atoms with Crippen molar-refractivity contribution >= 4 is 5.91 Å². The second-order valence-electron chi connectivity index (χ2n) is 7.85. The predicted octanol–water partition coefficient (Wildman–Crippen LogP) is 4.26. The van der Waals surface area contributed by atoms with E-state index in [0.717, 1.165) is 12.1 Å². The zero-order valence-corrected chi connectivity index (χ0v) is 19.0. The molecule has 1 N–H and O–H groups in total. The fraction of sp³-hybridized carbons (Fsp3) is 0.231. The Hall–Kier alpha value is -4.00. The van der Waals surface area contributed by atoms with Gasteiger partial charge in [-0.05, 0) is 42.5 Å². The molecule has 4 aromatic rings. The lowest BCUT2D eigenvalue weighted by Crippen LogP contribution is -2.34. The number of methoxy groups -OCH3 is 1. The molecular weight excluding hydrogens is 414 g/mol. The van der Waals surface area contributed by atoms with E-state index < -0.39 is 0 Å². The van der Waals surface area contributed by atoms with E-state index >= 15 is 0 Å². The highest BCUT2D eigenvalue weighted by molar-refractivity contribution is 5.95. The third-order valence-electron chi connectivity index (χ3n) is 5.48. The van der Waals surface area contributed by atoms with Gasteiger partial charge in [0.2, 0.25) is 5.88 Å². The first-order valence-electron chi connectivity index (χ1n) is 11.0. The first-order chi connectivity index (χ1) is 16.1. The van der Waals surface area contributed by atoms with Crippen LogP contribution in [-0.2, 0) is 12.8 Å². The molecule has 0 spiro atoms. The van der Waals surface area contributed by atoms with Crippen molar-refractivity contribution in [1.29, 1.82) is 0 Å². The molecule has 2 heterocycles. The molecule has 0 saturated heterocycles. The highest BCUT2D eigenvalue weighted by Gasteiger charge is 2.19. The maximum atomic E-state index is 13.0. The number of aromatic nitrogens is 4. The number of ether oxygens (including phenoxy) is 1. The number of hydrogen-bond acceptors (Lipinski definition) is 5. The van der Waals surface area contributed by atoms with Crippen LogP contribution in [0.3, 0.4) is 0 Å². The van der Waals surface area contributed by atoms with Gasteiger partial charge in [0.05, 0.1) is 24.6 Å². The summed E-state index contributed by atoms with van der Waals surface area (Å²) in [5.74, 6) is 0.818. The third-order valence-corrected chi connectivity index (χ3v) is 5.48. The minimum Gasteiger partial charge on any atom is -0.480 e. The zero-order chi connectivity index (χ0) is 23.2. The average Bonchev–Trinajstić information content (AvgIpc) is 3.29. The van der Waals surface area contributed by atoms with Gasteiger partial charge in [0.1, 0.15) is 0 Å². The summed E-state index contributed by atoms with van der Waals surface area (Å²) >= 11 is 0. The molecule has 4 rings (SSSR count). The lowest BCUT2D eigenvalue weighted by Gasteiger charge is -2.15. The van der Waals surface area contributed by atoms with Crippen molar-refractivity contribution in [3.63, 3.8) is 0 Å². The molecule has 0 aliphatic carbocycles. The van der Waals surface area contributed by atoms with Crippen LogP contribution in [0.15, 0.2) is 72.9 Å². The number of carbonyl (C=O) groups excluding carboxylic acids is 1. The highest BCUT2D eigenvalue weighted by Crippen LogP contribution is 2.20. The van der Waals surface area contributed by atoms with Crippen molar-refractivity contribution in [3.8, 4) is 22.8 Å². The molecule has 2 aromatic heterocycles. The fourth-order valence-corrected chi connectivity index (χ4v) is 3.81. The summed E-state index contributed by atoms with van der Waals surface area (Å²) in [5, 5.41) is 15.6. The van der Waals surface area contributed by atoms with Crippen LogP contribution < -0.4 is 10.1 Å². The van der Waals surface area contributed by atoms with Gasteiger partial charge < -0.3 is 10.1 Å². The average molecular weight is 442 g/mol. The van der Waals surface area contributed by atoms with E-state index in [2.05, 4.69) is 57.0 Å². The van der Waals surface area contributed by atoms with Crippen molar-refractivity contribution in [2.45, 2.75) is 32.7 Å². The van der Waals surface area contributed by atoms with Crippen LogP contribution >= 0.6 is 0 Å². The van der Waals surface area contributed by atoms with Crippen LogP contribution in [0, 0.1) is 0 Å². The van der Waals surface area contributed by atoms with Crippen molar-refractivity contribution in [3.05, 3.63) is 89.7 Å². The monoisotopic (exact) mass is 441 g/mol. The van der Waals surface area contributed by atoms with Gasteiger partial charge in [-0.2, -0.15) is 5.10 Å². The molecule has 33 heavy (non-hydrogen) atoms. The molecule has 1 atom stereocenters. The maximum absolute atomic E-state index is 13.0. The van der Waals surface area contributed by atoms with E-state index in [9.17, 15) is 4.79 Å². The molecule has 1 amide bonds. The summed E-state index contributed by atoms with van der Waals surface area (Å²) in [4.78, 5) is 13.0. The molecule has 0 fully saturated rings. The quantitative estimate of drug-likeness (QED) is 0.442. The van der Waals surface area contributed by atoms with Crippen LogP contribution in [0.1, 0.15) is 35.5 Å². The number of nitrogens with zero attached hydrogens (tertiary/aromatic N) is 4. The van der Waals surface area contributed by atoms with Crippen LogP contribution in [-0.4, -0.2) is 39.0 Å². The van der Waals surface area contributed by atoms with E-state index in [1.807, 2.05) is 32.0 Å². The van der Waals surface area contributed by atoms with Gasteiger partial charge in [-0.15, -0.1) is 10.2 Å². The van der Waals surface area contributed by atoms with Crippen molar-refractivity contribution in [1.82, 2.24) is 25.3 Å². The topological polar surface area (TPSA) is 81.9 Å². The van der Waals surface area contributed by atoms with Crippen LogP contribution in [0.2, 0.25) is 0 Å². The van der Waals surface area contributed by atoms with Gasteiger partial charge in [0.25, 0.3) is 5.91 Å². The molecule has 0 saturated carbocycles. The molecule has 168 valence electrons. The van der Waals surface area contributed by atoms with Crippen LogP contribution in [0.4, 0.5) is 0 Å². The molecule has 0 aliphatic heterocycles. The Bertz CT molecular complexity index is 1200. The van der Waals surface area contributed by atoms with E-state index in [1.54, 1.807) is 23.0 Å². The van der Waals surface area contributed by atoms with Crippen molar-refractivity contribution in [2.75, 3.05) is 7.11 Å². The molecule has 0 unspecified atom stereocenters. The summed E-state index contributed by atoms with van der Waals surface area (Å²) < 4.78 is 6.71. The Morgan fingerprint density at radius 3 is 2.36 bits per heavy atom. The number of amides is 1. The Labute approximate surface area is 193 Å². The Morgan fingerprint density at radius 2 is 1.73 bits per heavy atom. The van der Waals surface area contributed by atoms with E-state index in [0.29, 0.717) is 23.7 Å². The SMILES string of the molecule is CCc1c(C(=O)N[C@H](C)Cc2ccc(-c3ccccc3)cc2)cnn1-c1ccc(OC)nn1. The van der Waals surface area contributed by atoms with Gasteiger partial charge in [0.15, 0.2) is 5.82 Å². The minimum atomic E-state index is -0.145. The standard InChI is InChI=1S/C26H27N5O2/c1-4-23-22(17-27-31(23)24-14-15-25(33-3)30-29-24)26(32)28-18(2)16-19-10-12-21(13-11-19)20-8-6-5-7-9-20/h5-15,17-18H,4,16H2,1-3H3,(H,28,32)/t18-/m1/s1. The Morgan fingerprint density at radius 1 is 1.00 bits per heavy atom. The number of benzene rings is 2. The number of carbonyl (C=O) groups is 1. The first kappa shape index (κ1) is 22.2. The van der Waals surface area contributed by atoms with E-state index in [1.165, 1.54) is 23.8 Å². The summed E-state index contributed by atoms with van der Waals surface area (Å²) in [6.07, 6.45) is 2.95. The van der Waals surface area contributed by atoms with Gasteiger partial charge in [-0.1, -0.05) is 61.5 Å². The third kappa shape index (κ3) is 5.09. The lowest BCUT2D eigenvalue weighted by molar-refractivity contribution is 0.0939. The molecule has 0 radical (unpaired) electrons. The van der Waals surface area contributed by atoms with Crippen molar-refractivity contribution in [2.24, 2.45) is 0 Å². The highest BCUT2D eigenvalue weighted by atomic mass is 16.5. The van der Waals surface area contributed by atoms with Crippen LogP contribution in [0.5, 0.6) is 5.88 Å². The van der Waals surface area contributed by atoms with Gasteiger partial charge >= 0.3 is 0 Å². The summed E-state index contributed by atoms with van der Waals surface area (Å²) in [5.41, 5.74) is 4.86. The van der Waals surface area contributed by atoms with E-state index in [4.69, 9.17) is 4.74 Å². The predicted molar refractivity (Wildman–Crippen MR) is 128 cm³/mol. The minimum absolute atomic E-state index is 0.0334. The second kappa shape index (κ2) is 10.1. The Balaban J connectivity index is 1.43. The fourth-order valence-electron chi connectivity index (χ4n) is 3.81. The van der Waals surface area contributed by atoms with Gasteiger partial charge in [-0.3, -0.25) is 4.79 Å². The first-order valence-corrected chi connectivity index (χ1v) is 11.0. The lowest BCUT2D eigenvalue weighted by atomic mass is 10.0. The molecule has 0 aliphatic rings. The van der Waals surface area contributed by atoms with Gasteiger partial charge in [0, 0.05) is 12.1 Å². The van der Waals surface area contributed by atoms with E-state index in [-0.39, 0.29) is 11.9 Å². The number of nitrogens with one attached hydrogen (secondary N) is 1. The maximum Gasteiger partial charge on any atom is 0.254 e. The largest absolute Gasteiger partial charge is 0.480 e. The summed E-state index contributed by atoms with van der Waals surface area (Å²) in [6.45, 7) is 3.99. The molecule has 0 bridgehead atoms. The summed E-state index contributed by atoms with van der Waals surface area (Å²) in [6, 6.07) is 22.2. The summed E-state index contributed by atoms with van der Waals surface area (Å²) in [7, 11) is 1.54. The second-order valence-corrected chi connectivity index (χ2v) is 7.85. The molecule has 2 aromatic carbocycles. The smallest absolute Gasteiger partial charge is 0.254 e. The normalized spacial score (nSPS) is 11.7. The molecule has 7 heteroatoms. The number of hydrogen-bond donors (Lipinski definition) is 1. The molecular formula is C26H27N5O2. The zero-order valence-electron chi connectivity index (χ0n) is 19.0. The number of rotatable bonds is 8. The van der Waals surface area contributed by atoms with Gasteiger partial charge in [-0.25, -0.2) is 4.68 Å². The van der Waals surface area contributed by atoms with Crippen molar-refractivity contribution < 1.29 is 9.53 Å². The van der Waals surface area contributed by atoms with Crippen LogP contribution in [0.25, 0.3) is 16.9 Å². The molecule has 7 nitrogen and oxygen atoms in total. The Kier molecular flexibility index (Phi) is 6.78.